The molecule has 156 valence electrons. The number of anilines is 1. The van der Waals surface area contributed by atoms with Crippen LogP contribution in [-0.4, -0.2) is 19.3 Å². The van der Waals surface area contributed by atoms with E-state index in [1.807, 2.05) is 0 Å². The zero-order valence-corrected chi connectivity index (χ0v) is 17.8. The van der Waals surface area contributed by atoms with Gasteiger partial charge in [-0.15, -0.1) is 0 Å². The van der Waals surface area contributed by atoms with Crippen molar-refractivity contribution in [3.63, 3.8) is 0 Å². The molecule has 0 saturated heterocycles. The van der Waals surface area contributed by atoms with E-state index < -0.39 is 15.7 Å². The van der Waals surface area contributed by atoms with Gasteiger partial charge in [-0.3, -0.25) is 9.69 Å². The van der Waals surface area contributed by atoms with E-state index in [9.17, 15) is 13.2 Å². The van der Waals surface area contributed by atoms with Crippen LogP contribution in [0.1, 0.15) is 16.1 Å². The number of nitrogens with zero attached hydrogens (tertiary/aromatic N) is 2. The Morgan fingerprint density at radius 3 is 2.29 bits per heavy atom. The van der Waals surface area contributed by atoms with Crippen LogP contribution in [0.5, 0.6) is 0 Å². The molecule has 0 fully saturated rings. The maximum atomic E-state index is 13.3. The van der Waals surface area contributed by atoms with Crippen LogP contribution in [0.15, 0.2) is 106 Å². The van der Waals surface area contributed by atoms with Gasteiger partial charge in [-0.2, -0.15) is 0 Å². The van der Waals surface area contributed by atoms with Crippen LogP contribution in [0.2, 0.25) is 5.02 Å². The first-order valence-corrected chi connectivity index (χ1v) is 11.2. The van der Waals surface area contributed by atoms with Crippen molar-refractivity contribution in [2.45, 2.75) is 16.5 Å². The molecule has 2 aromatic heterocycles. The van der Waals surface area contributed by atoms with Gasteiger partial charge in [-0.05, 0) is 54.1 Å². The quantitative estimate of drug-likeness (QED) is 0.411. The number of hydrogen-bond acceptors (Lipinski definition) is 5. The molecule has 8 heteroatoms. The molecule has 0 atom stereocenters. The van der Waals surface area contributed by atoms with Crippen LogP contribution in [-0.2, 0) is 16.4 Å². The minimum atomic E-state index is -3.87. The topological polar surface area (TPSA) is 80.5 Å². The van der Waals surface area contributed by atoms with Crippen LogP contribution in [0, 0.1) is 0 Å². The lowest BCUT2D eigenvalue weighted by molar-refractivity contribution is 0.0952. The Bertz CT molecular complexity index is 1290. The largest absolute Gasteiger partial charge is 0.439 e. The summed E-state index contributed by atoms with van der Waals surface area (Å²) in [7, 11) is -3.87. The van der Waals surface area contributed by atoms with Gasteiger partial charge in [-0.1, -0.05) is 48.0 Å². The van der Waals surface area contributed by atoms with Gasteiger partial charge in [0.25, 0.3) is 5.91 Å². The first-order valence-electron chi connectivity index (χ1n) is 9.32. The van der Waals surface area contributed by atoms with Gasteiger partial charge >= 0.3 is 0 Å². The molecule has 4 rings (SSSR count). The molecule has 0 saturated carbocycles. The number of pyridine rings is 1. The molecule has 2 aromatic carbocycles. The molecule has 0 aliphatic carbocycles. The molecule has 0 spiro atoms. The first-order chi connectivity index (χ1) is 14.9. The predicted molar refractivity (Wildman–Crippen MR) is 117 cm³/mol. The maximum Gasteiger partial charge on any atom is 0.295 e. The van der Waals surface area contributed by atoms with Crippen LogP contribution in [0.4, 0.5) is 5.82 Å². The van der Waals surface area contributed by atoms with Gasteiger partial charge < -0.3 is 4.42 Å². The minimum absolute atomic E-state index is 0.0890. The van der Waals surface area contributed by atoms with Gasteiger partial charge in [0.2, 0.25) is 14.9 Å². The third-order valence-electron chi connectivity index (χ3n) is 4.54. The highest BCUT2D eigenvalue weighted by atomic mass is 35.5. The number of carbonyl (C=O) groups excluding carboxylic acids is 1. The van der Waals surface area contributed by atoms with Crippen molar-refractivity contribution in [1.29, 1.82) is 0 Å². The summed E-state index contributed by atoms with van der Waals surface area (Å²) in [4.78, 5) is 19.0. The van der Waals surface area contributed by atoms with E-state index in [-0.39, 0.29) is 22.3 Å². The second-order valence-corrected chi connectivity index (χ2v) is 8.96. The third kappa shape index (κ3) is 4.52. The Balaban J connectivity index is 1.67. The number of hydrogen-bond donors (Lipinski definition) is 0. The van der Waals surface area contributed by atoms with Crippen molar-refractivity contribution >= 4 is 33.2 Å². The Labute approximate surface area is 184 Å². The molecule has 0 aliphatic heterocycles. The third-order valence-corrected chi connectivity index (χ3v) is 6.43. The highest BCUT2D eigenvalue weighted by Crippen LogP contribution is 2.25. The summed E-state index contributed by atoms with van der Waals surface area (Å²) in [5, 5.41) is 0.288. The van der Waals surface area contributed by atoms with E-state index in [4.69, 9.17) is 16.0 Å². The number of aromatic nitrogens is 1. The Kier molecular flexibility index (Phi) is 5.88. The summed E-state index contributed by atoms with van der Waals surface area (Å²) in [6.07, 6.45) is 1.57. The lowest BCUT2D eigenvalue weighted by Crippen LogP contribution is -2.30. The molecule has 0 bridgehead atoms. The van der Waals surface area contributed by atoms with Crippen LogP contribution in [0.25, 0.3) is 0 Å². The number of halogens is 1. The Hall–Kier alpha value is -3.42. The molecule has 0 radical (unpaired) electrons. The molecule has 0 N–H and O–H groups in total. The molecular formula is C23H17ClN2O4S. The fraction of sp³-hybridized carbons (Fsp3) is 0.0435. The number of amides is 1. The molecule has 4 aromatic rings. The first kappa shape index (κ1) is 20.8. The van der Waals surface area contributed by atoms with E-state index in [2.05, 4.69) is 4.98 Å². The van der Waals surface area contributed by atoms with Crippen LogP contribution in [0.3, 0.4) is 0 Å². The number of rotatable bonds is 6. The summed E-state index contributed by atoms with van der Waals surface area (Å²) in [6, 6.07) is 22.8. The van der Waals surface area contributed by atoms with Crippen molar-refractivity contribution in [3.05, 3.63) is 107 Å². The van der Waals surface area contributed by atoms with Crippen molar-refractivity contribution in [2.75, 3.05) is 4.90 Å². The van der Waals surface area contributed by atoms with E-state index in [0.29, 0.717) is 10.8 Å². The molecular weight excluding hydrogens is 436 g/mol. The van der Waals surface area contributed by atoms with E-state index in [1.54, 1.807) is 66.9 Å². The van der Waals surface area contributed by atoms with Crippen LogP contribution < -0.4 is 4.90 Å². The van der Waals surface area contributed by atoms with Gasteiger partial charge in [-0.25, -0.2) is 13.4 Å². The fourth-order valence-corrected chi connectivity index (χ4v) is 4.29. The van der Waals surface area contributed by atoms with Crippen molar-refractivity contribution < 1.29 is 17.6 Å². The van der Waals surface area contributed by atoms with Crippen molar-refractivity contribution in [1.82, 2.24) is 4.98 Å². The summed E-state index contributed by atoms with van der Waals surface area (Å²) in [5.41, 5.74) is 0.826. The summed E-state index contributed by atoms with van der Waals surface area (Å²) < 4.78 is 31.1. The highest BCUT2D eigenvalue weighted by Gasteiger charge is 2.27. The maximum absolute atomic E-state index is 13.3. The van der Waals surface area contributed by atoms with E-state index in [1.165, 1.54) is 29.2 Å². The minimum Gasteiger partial charge on any atom is -0.439 e. The SMILES string of the molecule is O=C(c1ccc(S(=O)(=O)c2ccccc2)o1)N(Cc1ccc(Cl)cc1)c1ccccn1. The number of carbonyl (C=O) groups is 1. The van der Waals surface area contributed by atoms with Gasteiger partial charge in [0.15, 0.2) is 5.76 Å². The Morgan fingerprint density at radius 2 is 1.61 bits per heavy atom. The number of benzene rings is 2. The van der Waals surface area contributed by atoms with Gasteiger partial charge in [0, 0.05) is 11.2 Å². The normalized spacial score (nSPS) is 11.3. The average molecular weight is 453 g/mol. The summed E-state index contributed by atoms with van der Waals surface area (Å²) in [6.45, 7) is 0.203. The second kappa shape index (κ2) is 8.75. The van der Waals surface area contributed by atoms with E-state index >= 15 is 0 Å². The smallest absolute Gasteiger partial charge is 0.295 e. The standard InChI is InChI=1S/C23H17ClN2O4S/c24-18-11-9-17(10-12-18)16-26(21-8-4-5-15-25-21)23(27)20-13-14-22(30-20)31(28,29)19-6-2-1-3-7-19/h1-15H,16H2. The fourth-order valence-electron chi connectivity index (χ4n) is 2.97. The second-order valence-electron chi connectivity index (χ2n) is 6.64. The summed E-state index contributed by atoms with van der Waals surface area (Å²) in [5.74, 6) is -0.205. The van der Waals surface area contributed by atoms with Crippen LogP contribution >= 0.6 is 11.6 Å². The monoisotopic (exact) mass is 452 g/mol. The summed E-state index contributed by atoms with van der Waals surface area (Å²) >= 11 is 5.95. The van der Waals surface area contributed by atoms with Crippen molar-refractivity contribution in [3.8, 4) is 0 Å². The number of furan rings is 1. The zero-order chi connectivity index (χ0) is 21.8. The molecule has 31 heavy (non-hydrogen) atoms. The Morgan fingerprint density at radius 1 is 0.903 bits per heavy atom. The molecule has 1 amide bonds. The molecule has 2 heterocycles. The lowest BCUT2D eigenvalue weighted by atomic mass is 10.2. The predicted octanol–water partition coefficient (Wildman–Crippen LogP) is 5.01. The van der Waals surface area contributed by atoms with E-state index in [0.717, 1.165) is 5.56 Å². The molecule has 0 unspecified atom stereocenters. The molecule has 0 aliphatic rings. The number of sulfone groups is 1. The van der Waals surface area contributed by atoms with Crippen molar-refractivity contribution in [2.24, 2.45) is 0 Å². The average Bonchev–Trinajstić information content (AvgIpc) is 3.31. The van der Waals surface area contributed by atoms with Gasteiger partial charge in [0.1, 0.15) is 5.82 Å². The lowest BCUT2D eigenvalue weighted by Gasteiger charge is -2.20. The van der Waals surface area contributed by atoms with Gasteiger partial charge in [0.05, 0.1) is 11.4 Å². The molecule has 6 nitrogen and oxygen atoms in total. The zero-order valence-electron chi connectivity index (χ0n) is 16.2. The highest BCUT2D eigenvalue weighted by molar-refractivity contribution is 7.91.